The summed E-state index contributed by atoms with van der Waals surface area (Å²) in [6.45, 7) is 6.29. The van der Waals surface area contributed by atoms with Gasteiger partial charge in [-0.25, -0.2) is 0 Å². The number of hydrogen-bond acceptors (Lipinski definition) is 2. The molecule has 0 aromatic heterocycles. The number of hydrogen-bond donors (Lipinski definition) is 0. The van der Waals surface area contributed by atoms with Gasteiger partial charge in [-0.3, -0.25) is 4.99 Å². The predicted octanol–water partition coefficient (Wildman–Crippen LogP) is 0.681. The quantitative estimate of drug-likeness (QED) is 0.366. The molecule has 0 saturated carbocycles. The standard InChI is InChI=1S/C4H9NO/c1-3-6-4-5-2/h2-4H2,1H3. The van der Waals surface area contributed by atoms with Crippen molar-refractivity contribution in [2.24, 2.45) is 4.99 Å². The third kappa shape index (κ3) is 3.63. The molecule has 36 valence electrons. The zero-order valence-corrected chi connectivity index (χ0v) is 3.98. The van der Waals surface area contributed by atoms with Crippen LogP contribution in [0.25, 0.3) is 0 Å². The van der Waals surface area contributed by atoms with E-state index in [1.807, 2.05) is 6.92 Å². The van der Waals surface area contributed by atoms with Crippen molar-refractivity contribution in [1.29, 1.82) is 0 Å². The maximum atomic E-state index is 4.75. The largest absolute Gasteiger partial charge is 0.360 e. The zero-order valence-electron chi connectivity index (χ0n) is 3.98. The first-order chi connectivity index (χ1) is 2.91. The Morgan fingerprint density at radius 1 is 1.83 bits per heavy atom. The first-order valence-electron chi connectivity index (χ1n) is 1.92. The van der Waals surface area contributed by atoms with Crippen molar-refractivity contribution in [3.63, 3.8) is 0 Å². The minimum absolute atomic E-state index is 0.427. The van der Waals surface area contributed by atoms with Gasteiger partial charge in [0.15, 0.2) is 0 Å². The summed E-state index contributed by atoms with van der Waals surface area (Å²) in [5.41, 5.74) is 0. The van der Waals surface area contributed by atoms with E-state index in [0.717, 1.165) is 6.61 Å². The van der Waals surface area contributed by atoms with Crippen LogP contribution < -0.4 is 0 Å². The lowest BCUT2D eigenvalue weighted by Crippen LogP contribution is -1.86. The summed E-state index contributed by atoms with van der Waals surface area (Å²) in [7, 11) is 0. The Labute approximate surface area is 37.8 Å². The maximum absolute atomic E-state index is 4.75. The Bertz CT molecular complexity index is 36.5. The van der Waals surface area contributed by atoms with E-state index in [0.29, 0.717) is 6.73 Å². The van der Waals surface area contributed by atoms with Gasteiger partial charge >= 0.3 is 0 Å². The molecule has 0 aliphatic rings. The molecule has 0 radical (unpaired) electrons. The van der Waals surface area contributed by atoms with Crippen molar-refractivity contribution in [2.75, 3.05) is 13.3 Å². The summed E-state index contributed by atoms with van der Waals surface area (Å²) in [5, 5.41) is 0. The topological polar surface area (TPSA) is 21.6 Å². The van der Waals surface area contributed by atoms with Crippen molar-refractivity contribution in [3.05, 3.63) is 0 Å². The molecule has 0 aromatic carbocycles. The van der Waals surface area contributed by atoms with Crippen LogP contribution in [0.15, 0.2) is 4.99 Å². The van der Waals surface area contributed by atoms with Crippen LogP contribution in [0.1, 0.15) is 6.92 Å². The van der Waals surface area contributed by atoms with Gasteiger partial charge in [0, 0.05) is 6.61 Å². The average Bonchev–Trinajstić information content (AvgIpc) is 1.61. The van der Waals surface area contributed by atoms with E-state index in [4.69, 9.17) is 4.74 Å². The second kappa shape index (κ2) is 4.63. The summed E-state index contributed by atoms with van der Waals surface area (Å²) in [5.74, 6) is 0. The highest BCUT2D eigenvalue weighted by Crippen LogP contribution is 1.68. The van der Waals surface area contributed by atoms with Crippen molar-refractivity contribution >= 4 is 6.72 Å². The SMILES string of the molecule is C=NCOCC. The van der Waals surface area contributed by atoms with Gasteiger partial charge in [0.1, 0.15) is 6.73 Å². The molecule has 0 aliphatic heterocycles. The number of rotatable bonds is 3. The Morgan fingerprint density at radius 2 is 2.50 bits per heavy atom. The highest BCUT2D eigenvalue weighted by atomic mass is 16.5. The Hall–Kier alpha value is -0.370. The van der Waals surface area contributed by atoms with Crippen LogP contribution in [0, 0.1) is 0 Å². The second-order valence-electron chi connectivity index (χ2n) is 0.846. The molecule has 0 aliphatic carbocycles. The van der Waals surface area contributed by atoms with Gasteiger partial charge < -0.3 is 4.74 Å². The zero-order chi connectivity index (χ0) is 4.83. The molecular formula is C4H9NO. The van der Waals surface area contributed by atoms with Crippen LogP contribution in [-0.2, 0) is 4.74 Å². The molecule has 0 atom stereocenters. The van der Waals surface area contributed by atoms with E-state index < -0.39 is 0 Å². The molecule has 0 heterocycles. The first kappa shape index (κ1) is 5.63. The molecule has 0 spiro atoms. The number of nitrogens with zero attached hydrogens (tertiary/aromatic N) is 1. The van der Waals surface area contributed by atoms with Crippen LogP contribution in [0.2, 0.25) is 0 Å². The van der Waals surface area contributed by atoms with E-state index in [-0.39, 0.29) is 0 Å². The smallest absolute Gasteiger partial charge is 0.136 e. The summed E-state index contributed by atoms with van der Waals surface area (Å²) in [4.78, 5) is 3.45. The summed E-state index contributed by atoms with van der Waals surface area (Å²) >= 11 is 0. The minimum atomic E-state index is 0.427. The van der Waals surface area contributed by atoms with Gasteiger partial charge in [0.05, 0.1) is 0 Å². The van der Waals surface area contributed by atoms with E-state index >= 15 is 0 Å². The fourth-order valence-corrected chi connectivity index (χ4v) is 0.156. The molecule has 0 bridgehead atoms. The van der Waals surface area contributed by atoms with Crippen LogP contribution in [0.5, 0.6) is 0 Å². The second-order valence-corrected chi connectivity index (χ2v) is 0.846. The molecule has 0 rings (SSSR count). The van der Waals surface area contributed by atoms with Gasteiger partial charge in [-0.15, -0.1) is 0 Å². The van der Waals surface area contributed by atoms with E-state index in [9.17, 15) is 0 Å². The molecule has 0 amide bonds. The Kier molecular flexibility index (Phi) is 4.34. The molecule has 2 heteroatoms. The number of ether oxygens (including phenoxy) is 1. The van der Waals surface area contributed by atoms with E-state index in [1.165, 1.54) is 0 Å². The van der Waals surface area contributed by atoms with Gasteiger partial charge in [-0.05, 0) is 13.6 Å². The highest BCUT2D eigenvalue weighted by molar-refractivity contribution is 5.22. The van der Waals surface area contributed by atoms with Gasteiger partial charge in [-0.2, -0.15) is 0 Å². The van der Waals surface area contributed by atoms with Crippen molar-refractivity contribution in [1.82, 2.24) is 0 Å². The van der Waals surface area contributed by atoms with Crippen LogP contribution in [-0.4, -0.2) is 20.1 Å². The molecule has 0 aromatic rings. The third-order valence-corrected chi connectivity index (χ3v) is 0.387. The molecule has 0 fully saturated rings. The fourth-order valence-electron chi connectivity index (χ4n) is 0.156. The molecule has 0 N–H and O–H groups in total. The van der Waals surface area contributed by atoms with Crippen molar-refractivity contribution in [2.45, 2.75) is 6.92 Å². The fraction of sp³-hybridized carbons (Fsp3) is 0.750. The molecular weight excluding hydrogens is 78.0 g/mol. The summed E-state index contributed by atoms with van der Waals surface area (Å²) in [6.07, 6.45) is 0. The first-order valence-corrected chi connectivity index (χ1v) is 1.92. The van der Waals surface area contributed by atoms with Gasteiger partial charge in [0.25, 0.3) is 0 Å². The van der Waals surface area contributed by atoms with Gasteiger partial charge in [0.2, 0.25) is 0 Å². The summed E-state index contributed by atoms with van der Waals surface area (Å²) in [6, 6.07) is 0. The molecule has 6 heavy (non-hydrogen) atoms. The van der Waals surface area contributed by atoms with Gasteiger partial charge in [-0.1, -0.05) is 0 Å². The van der Waals surface area contributed by atoms with Crippen molar-refractivity contribution < 1.29 is 4.74 Å². The average molecular weight is 87.1 g/mol. The van der Waals surface area contributed by atoms with Crippen molar-refractivity contribution in [3.8, 4) is 0 Å². The van der Waals surface area contributed by atoms with E-state index in [2.05, 4.69) is 11.7 Å². The normalized spacial score (nSPS) is 8.17. The third-order valence-electron chi connectivity index (χ3n) is 0.387. The van der Waals surface area contributed by atoms with Crippen LogP contribution in [0.4, 0.5) is 0 Å². The summed E-state index contributed by atoms with van der Waals surface area (Å²) < 4.78 is 4.75. The van der Waals surface area contributed by atoms with E-state index in [1.54, 1.807) is 0 Å². The Morgan fingerprint density at radius 3 is 2.67 bits per heavy atom. The minimum Gasteiger partial charge on any atom is -0.360 e. The molecule has 0 unspecified atom stereocenters. The molecule has 0 saturated heterocycles. The molecule has 2 nitrogen and oxygen atoms in total. The Balaban J connectivity index is 2.49. The maximum Gasteiger partial charge on any atom is 0.136 e. The predicted molar refractivity (Wildman–Crippen MR) is 26.0 cm³/mol. The lowest BCUT2D eigenvalue weighted by molar-refractivity contribution is 0.157. The number of aliphatic imine (C=N–C) groups is 1. The van der Waals surface area contributed by atoms with Crippen LogP contribution >= 0.6 is 0 Å². The highest BCUT2D eigenvalue weighted by Gasteiger charge is 1.68. The van der Waals surface area contributed by atoms with Crippen LogP contribution in [0.3, 0.4) is 0 Å². The lowest BCUT2D eigenvalue weighted by Gasteiger charge is -1.88. The lowest BCUT2D eigenvalue weighted by atomic mass is 10.9. The monoisotopic (exact) mass is 87.1 g/mol.